The van der Waals surface area contributed by atoms with Crippen LogP contribution in [0.2, 0.25) is 0 Å². The summed E-state index contributed by atoms with van der Waals surface area (Å²) in [5.74, 6) is 0.360. The van der Waals surface area contributed by atoms with Gasteiger partial charge in [-0.1, -0.05) is 19.1 Å². The summed E-state index contributed by atoms with van der Waals surface area (Å²) in [4.78, 5) is 4.15. The molecule has 2 unspecified atom stereocenters. The predicted molar refractivity (Wildman–Crippen MR) is 79.7 cm³/mol. The maximum atomic E-state index is 13.5. The number of nitrogens with one attached hydrogen (secondary N) is 1. The van der Waals surface area contributed by atoms with Crippen molar-refractivity contribution in [3.63, 3.8) is 0 Å². The highest BCUT2D eigenvalue weighted by atomic mass is 19.1. The fourth-order valence-electron chi connectivity index (χ4n) is 2.72. The molecule has 2 aromatic rings. The number of fused-ring (bicyclic) bond motifs is 1. The average Bonchev–Trinajstić information content (AvgIpc) is 2.52. The minimum Gasteiger partial charge on any atom is -0.485 e. The van der Waals surface area contributed by atoms with Gasteiger partial charge in [0, 0.05) is 42.0 Å². The molecular weight excluding hydrogens is 267 g/mol. The number of pyridine rings is 1. The number of ether oxygens (including phenoxy) is 1. The van der Waals surface area contributed by atoms with Crippen molar-refractivity contribution in [3.05, 3.63) is 59.7 Å². The minimum absolute atomic E-state index is 0.0950. The second-order valence-electron chi connectivity index (χ2n) is 5.32. The summed E-state index contributed by atoms with van der Waals surface area (Å²) in [5, 5.41) is 3.52. The summed E-state index contributed by atoms with van der Waals surface area (Å²) in [6.07, 6.45) is 5.34. The zero-order valence-electron chi connectivity index (χ0n) is 12.1. The van der Waals surface area contributed by atoms with Gasteiger partial charge >= 0.3 is 0 Å². The molecule has 110 valence electrons. The van der Waals surface area contributed by atoms with E-state index in [2.05, 4.69) is 17.2 Å². The lowest BCUT2D eigenvalue weighted by Crippen LogP contribution is -2.29. The van der Waals surface area contributed by atoms with Crippen molar-refractivity contribution in [3.8, 4) is 5.75 Å². The van der Waals surface area contributed by atoms with E-state index in [1.54, 1.807) is 6.20 Å². The lowest BCUT2D eigenvalue weighted by atomic mass is 9.93. The van der Waals surface area contributed by atoms with E-state index in [0.29, 0.717) is 5.75 Å². The van der Waals surface area contributed by atoms with Crippen LogP contribution in [0.1, 0.15) is 43.0 Å². The van der Waals surface area contributed by atoms with Gasteiger partial charge in [-0.25, -0.2) is 4.39 Å². The van der Waals surface area contributed by atoms with Crippen molar-refractivity contribution in [1.82, 2.24) is 10.3 Å². The first kappa shape index (κ1) is 14.0. The smallest absolute Gasteiger partial charge is 0.127 e. The number of rotatable bonds is 4. The Morgan fingerprint density at radius 1 is 1.38 bits per heavy atom. The molecule has 1 aromatic heterocycles. The highest BCUT2D eigenvalue weighted by molar-refractivity contribution is 5.39. The van der Waals surface area contributed by atoms with Gasteiger partial charge < -0.3 is 10.1 Å². The van der Waals surface area contributed by atoms with E-state index >= 15 is 0 Å². The minimum atomic E-state index is -0.269. The first-order valence-electron chi connectivity index (χ1n) is 7.37. The van der Waals surface area contributed by atoms with Gasteiger partial charge in [-0.15, -0.1) is 0 Å². The van der Waals surface area contributed by atoms with Crippen molar-refractivity contribution in [2.45, 2.75) is 31.9 Å². The Morgan fingerprint density at radius 3 is 3.05 bits per heavy atom. The summed E-state index contributed by atoms with van der Waals surface area (Å²) in [6, 6.07) is 8.86. The lowest BCUT2D eigenvalue weighted by molar-refractivity contribution is 0.150. The van der Waals surface area contributed by atoms with Crippen molar-refractivity contribution in [1.29, 1.82) is 0 Å². The molecule has 0 bridgehead atoms. The Balaban J connectivity index is 1.91. The molecule has 4 heteroatoms. The molecule has 1 aliphatic rings. The van der Waals surface area contributed by atoms with Crippen molar-refractivity contribution < 1.29 is 9.13 Å². The molecule has 1 aromatic carbocycles. The van der Waals surface area contributed by atoms with Gasteiger partial charge in [0.1, 0.15) is 17.7 Å². The van der Waals surface area contributed by atoms with E-state index in [-0.39, 0.29) is 18.0 Å². The van der Waals surface area contributed by atoms with Gasteiger partial charge in [0.2, 0.25) is 0 Å². The third-order valence-corrected chi connectivity index (χ3v) is 3.77. The SMILES string of the molecule is CCCNC1CC(c2cccnc2)Oc2cc(F)ccc21. The maximum Gasteiger partial charge on any atom is 0.127 e. The summed E-state index contributed by atoms with van der Waals surface area (Å²) >= 11 is 0. The first-order valence-corrected chi connectivity index (χ1v) is 7.37. The van der Waals surface area contributed by atoms with E-state index in [9.17, 15) is 4.39 Å². The molecule has 2 atom stereocenters. The van der Waals surface area contributed by atoms with Crippen LogP contribution in [0.5, 0.6) is 5.75 Å². The molecule has 0 spiro atoms. The molecule has 1 N–H and O–H groups in total. The van der Waals surface area contributed by atoms with Crippen LogP contribution in [0.3, 0.4) is 0 Å². The molecule has 0 amide bonds. The molecule has 0 aliphatic carbocycles. The van der Waals surface area contributed by atoms with Crippen LogP contribution in [0, 0.1) is 5.82 Å². The third kappa shape index (κ3) is 3.05. The summed E-state index contributed by atoms with van der Waals surface area (Å²) < 4.78 is 19.5. The highest BCUT2D eigenvalue weighted by Gasteiger charge is 2.29. The molecule has 21 heavy (non-hydrogen) atoms. The first-order chi connectivity index (χ1) is 10.3. The number of halogens is 1. The van der Waals surface area contributed by atoms with Gasteiger partial charge in [0.05, 0.1) is 0 Å². The molecule has 0 saturated carbocycles. The van der Waals surface area contributed by atoms with Crippen molar-refractivity contribution >= 4 is 0 Å². The Bertz CT molecular complexity index is 603. The largest absolute Gasteiger partial charge is 0.485 e. The molecule has 3 rings (SSSR count). The summed E-state index contributed by atoms with van der Waals surface area (Å²) in [5.41, 5.74) is 2.06. The normalized spacial score (nSPS) is 20.7. The average molecular weight is 286 g/mol. The molecule has 0 fully saturated rings. The third-order valence-electron chi connectivity index (χ3n) is 3.77. The maximum absolute atomic E-state index is 13.5. The zero-order chi connectivity index (χ0) is 14.7. The highest BCUT2D eigenvalue weighted by Crippen LogP contribution is 2.40. The van der Waals surface area contributed by atoms with Crippen LogP contribution in [-0.2, 0) is 0 Å². The number of aromatic nitrogens is 1. The quantitative estimate of drug-likeness (QED) is 0.928. The Hall–Kier alpha value is -1.94. The second-order valence-corrected chi connectivity index (χ2v) is 5.32. The Kier molecular flexibility index (Phi) is 4.15. The van der Waals surface area contributed by atoms with Crippen LogP contribution in [0.15, 0.2) is 42.7 Å². The number of nitrogens with zero attached hydrogens (tertiary/aromatic N) is 1. The van der Waals surface area contributed by atoms with E-state index in [1.807, 2.05) is 24.4 Å². The van der Waals surface area contributed by atoms with Crippen LogP contribution in [0.25, 0.3) is 0 Å². The number of hydrogen-bond acceptors (Lipinski definition) is 3. The van der Waals surface area contributed by atoms with Crippen molar-refractivity contribution in [2.24, 2.45) is 0 Å². The zero-order valence-corrected chi connectivity index (χ0v) is 12.1. The standard InChI is InChI=1S/C17H19FN2O/c1-2-7-20-15-10-16(12-4-3-8-19-11-12)21-17-9-13(18)5-6-14(15)17/h3-6,8-9,11,15-16,20H,2,7,10H2,1H3. The van der Waals surface area contributed by atoms with Crippen LogP contribution < -0.4 is 10.1 Å². The monoisotopic (exact) mass is 286 g/mol. The Labute approximate surface area is 124 Å². The lowest BCUT2D eigenvalue weighted by Gasteiger charge is -2.33. The molecule has 0 saturated heterocycles. The summed E-state index contributed by atoms with van der Waals surface area (Å²) in [7, 11) is 0. The van der Waals surface area contributed by atoms with Crippen LogP contribution >= 0.6 is 0 Å². The molecule has 0 radical (unpaired) electrons. The molecular formula is C17H19FN2O. The van der Waals surface area contributed by atoms with E-state index in [0.717, 1.165) is 30.5 Å². The van der Waals surface area contributed by atoms with Gasteiger partial charge in [-0.2, -0.15) is 0 Å². The Morgan fingerprint density at radius 2 is 2.29 bits per heavy atom. The summed E-state index contributed by atoms with van der Waals surface area (Å²) in [6.45, 7) is 3.07. The molecule has 3 nitrogen and oxygen atoms in total. The van der Waals surface area contributed by atoms with E-state index < -0.39 is 0 Å². The molecule has 2 heterocycles. The van der Waals surface area contributed by atoms with E-state index in [1.165, 1.54) is 12.1 Å². The van der Waals surface area contributed by atoms with Crippen LogP contribution in [-0.4, -0.2) is 11.5 Å². The molecule has 1 aliphatic heterocycles. The van der Waals surface area contributed by atoms with Crippen molar-refractivity contribution in [2.75, 3.05) is 6.54 Å². The topological polar surface area (TPSA) is 34.2 Å². The second kappa shape index (κ2) is 6.22. The van der Waals surface area contributed by atoms with Gasteiger partial charge in [-0.05, 0) is 25.1 Å². The van der Waals surface area contributed by atoms with Gasteiger partial charge in [-0.3, -0.25) is 4.98 Å². The fraction of sp³-hybridized carbons (Fsp3) is 0.353. The van der Waals surface area contributed by atoms with Gasteiger partial charge in [0.15, 0.2) is 0 Å². The number of benzene rings is 1. The van der Waals surface area contributed by atoms with E-state index in [4.69, 9.17) is 4.74 Å². The van der Waals surface area contributed by atoms with Crippen LogP contribution in [0.4, 0.5) is 4.39 Å². The fourth-order valence-corrected chi connectivity index (χ4v) is 2.72. The predicted octanol–water partition coefficient (Wildman–Crippen LogP) is 3.79. The number of hydrogen-bond donors (Lipinski definition) is 1. The van der Waals surface area contributed by atoms with Gasteiger partial charge in [0.25, 0.3) is 0 Å².